The molecule has 0 spiro atoms. The second-order valence-electron chi connectivity index (χ2n) is 5.05. The first-order valence-electron chi connectivity index (χ1n) is 6.27. The minimum Gasteiger partial charge on any atom is -0.398 e. The summed E-state index contributed by atoms with van der Waals surface area (Å²) in [6.45, 7) is 2.19. The van der Waals surface area contributed by atoms with E-state index in [9.17, 15) is 0 Å². The van der Waals surface area contributed by atoms with Gasteiger partial charge in [0.1, 0.15) is 0 Å². The lowest BCUT2D eigenvalue weighted by molar-refractivity contribution is 0.271. The Morgan fingerprint density at radius 1 is 1.25 bits per heavy atom. The van der Waals surface area contributed by atoms with Crippen LogP contribution in [-0.2, 0) is 6.54 Å². The van der Waals surface area contributed by atoms with Gasteiger partial charge in [-0.1, -0.05) is 31.0 Å². The fourth-order valence-corrected chi connectivity index (χ4v) is 2.67. The fourth-order valence-electron chi connectivity index (χ4n) is 2.67. The largest absolute Gasteiger partial charge is 0.398 e. The number of nitrogen functional groups attached to an aromatic ring is 1. The molecule has 0 radical (unpaired) electrons. The van der Waals surface area contributed by atoms with E-state index >= 15 is 0 Å². The third kappa shape index (κ3) is 2.99. The molecule has 16 heavy (non-hydrogen) atoms. The van der Waals surface area contributed by atoms with Crippen molar-refractivity contribution in [2.24, 2.45) is 5.92 Å². The zero-order valence-corrected chi connectivity index (χ0v) is 10.2. The van der Waals surface area contributed by atoms with Crippen molar-refractivity contribution in [2.75, 3.05) is 19.3 Å². The van der Waals surface area contributed by atoms with Crippen LogP contribution in [0.3, 0.4) is 0 Å². The molecule has 2 N–H and O–H groups in total. The number of hydrogen-bond donors (Lipinski definition) is 1. The highest BCUT2D eigenvalue weighted by Crippen LogP contribution is 2.25. The van der Waals surface area contributed by atoms with Gasteiger partial charge >= 0.3 is 0 Å². The molecule has 0 atom stereocenters. The number of rotatable bonds is 4. The Morgan fingerprint density at radius 3 is 2.62 bits per heavy atom. The molecule has 1 aliphatic rings. The fraction of sp³-hybridized carbons (Fsp3) is 0.571. The quantitative estimate of drug-likeness (QED) is 0.787. The summed E-state index contributed by atoms with van der Waals surface area (Å²) in [7, 11) is 2.20. The van der Waals surface area contributed by atoms with Crippen LogP contribution in [0.15, 0.2) is 24.3 Å². The van der Waals surface area contributed by atoms with Gasteiger partial charge in [-0.2, -0.15) is 0 Å². The van der Waals surface area contributed by atoms with Crippen LogP contribution in [0, 0.1) is 5.92 Å². The third-order valence-electron chi connectivity index (χ3n) is 3.54. The SMILES string of the molecule is CN(Cc1ccccc1N)CC1CCCC1. The van der Waals surface area contributed by atoms with Crippen LogP contribution < -0.4 is 5.73 Å². The van der Waals surface area contributed by atoms with Crippen LogP contribution in [0.5, 0.6) is 0 Å². The molecule has 1 fully saturated rings. The summed E-state index contributed by atoms with van der Waals surface area (Å²) < 4.78 is 0. The predicted molar refractivity (Wildman–Crippen MR) is 69.1 cm³/mol. The molecule has 1 aromatic carbocycles. The van der Waals surface area contributed by atoms with Crippen LogP contribution >= 0.6 is 0 Å². The first kappa shape index (κ1) is 11.5. The number of nitrogens with two attached hydrogens (primary N) is 1. The number of anilines is 1. The molecule has 0 amide bonds. The average molecular weight is 218 g/mol. The van der Waals surface area contributed by atoms with E-state index in [4.69, 9.17) is 5.73 Å². The smallest absolute Gasteiger partial charge is 0.0359 e. The molecule has 88 valence electrons. The summed E-state index contributed by atoms with van der Waals surface area (Å²) in [5.74, 6) is 0.912. The van der Waals surface area contributed by atoms with Crippen LogP contribution in [-0.4, -0.2) is 18.5 Å². The summed E-state index contributed by atoms with van der Waals surface area (Å²) in [6.07, 6.45) is 5.67. The lowest BCUT2D eigenvalue weighted by Gasteiger charge is -2.21. The van der Waals surface area contributed by atoms with Crippen LogP contribution in [0.25, 0.3) is 0 Å². The second kappa shape index (κ2) is 5.35. The summed E-state index contributed by atoms with van der Waals surface area (Å²) in [4.78, 5) is 2.40. The van der Waals surface area contributed by atoms with Gasteiger partial charge in [-0.15, -0.1) is 0 Å². The minimum atomic E-state index is 0.912. The number of para-hydroxylation sites is 1. The molecular weight excluding hydrogens is 196 g/mol. The summed E-state index contributed by atoms with van der Waals surface area (Å²) >= 11 is 0. The van der Waals surface area contributed by atoms with Gasteiger partial charge in [0, 0.05) is 18.8 Å². The summed E-state index contributed by atoms with van der Waals surface area (Å²) in [5.41, 5.74) is 8.12. The van der Waals surface area contributed by atoms with Crippen molar-refractivity contribution in [3.8, 4) is 0 Å². The predicted octanol–water partition coefficient (Wildman–Crippen LogP) is 2.89. The van der Waals surface area contributed by atoms with E-state index < -0.39 is 0 Å². The van der Waals surface area contributed by atoms with Crippen molar-refractivity contribution in [3.63, 3.8) is 0 Å². The van der Waals surface area contributed by atoms with E-state index in [0.29, 0.717) is 0 Å². The molecular formula is C14H22N2. The maximum atomic E-state index is 5.95. The Bertz CT molecular complexity index is 329. The zero-order chi connectivity index (χ0) is 11.4. The Hall–Kier alpha value is -1.02. The Kier molecular flexibility index (Phi) is 3.83. The van der Waals surface area contributed by atoms with Crippen molar-refractivity contribution >= 4 is 5.69 Å². The molecule has 0 aromatic heterocycles. The normalized spacial score (nSPS) is 17.1. The molecule has 2 heteroatoms. The molecule has 1 saturated carbocycles. The lowest BCUT2D eigenvalue weighted by atomic mass is 10.1. The van der Waals surface area contributed by atoms with E-state index in [1.165, 1.54) is 37.8 Å². The molecule has 2 nitrogen and oxygen atoms in total. The van der Waals surface area contributed by atoms with Gasteiger partial charge in [-0.3, -0.25) is 0 Å². The maximum Gasteiger partial charge on any atom is 0.0359 e. The van der Waals surface area contributed by atoms with Crippen molar-refractivity contribution in [1.82, 2.24) is 4.90 Å². The monoisotopic (exact) mass is 218 g/mol. The van der Waals surface area contributed by atoms with Gasteiger partial charge in [0.25, 0.3) is 0 Å². The Labute approximate surface area is 98.4 Å². The molecule has 1 aliphatic carbocycles. The lowest BCUT2D eigenvalue weighted by Crippen LogP contribution is -2.24. The van der Waals surface area contributed by atoms with Crippen LogP contribution in [0.1, 0.15) is 31.2 Å². The molecule has 1 aromatic rings. The molecule has 0 aliphatic heterocycles. The van der Waals surface area contributed by atoms with Gasteiger partial charge in [-0.05, 0) is 37.4 Å². The maximum absolute atomic E-state index is 5.95. The summed E-state index contributed by atoms with van der Waals surface area (Å²) in [6, 6.07) is 8.17. The van der Waals surface area contributed by atoms with Crippen LogP contribution in [0.2, 0.25) is 0 Å². The van der Waals surface area contributed by atoms with Crippen molar-refractivity contribution < 1.29 is 0 Å². The molecule has 0 unspecified atom stereocenters. The Morgan fingerprint density at radius 2 is 1.94 bits per heavy atom. The highest BCUT2D eigenvalue weighted by Gasteiger charge is 2.16. The van der Waals surface area contributed by atoms with Crippen molar-refractivity contribution in [1.29, 1.82) is 0 Å². The topological polar surface area (TPSA) is 29.3 Å². The minimum absolute atomic E-state index is 0.912. The number of benzene rings is 1. The first-order valence-corrected chi connectivity index (χ1v) is 6.27. The average Bonchev–Trinajstić information content (AvgIpc) is 2.74. The van der Waals surface area contributed by atoms with Crippen LogP contribution in [0.4, 0.5) is 5.69 Å². The van der Waals surface area contributed by atoms with Crippen molar-refractivity contribution in [3.05, 3.63) is 29.8 Å². The number of hydrogen-bond acceptors (Lipinski definition) is 2. The third-order valence-corrected chi connectivity index (χ3v) is 3.54. The van der Waals surface area contributed by atoms with Gasteiger partial charge in [0.15, 0.2) is 0 Å². The highest BCUT2D eigenvalue weighted by molar-refractivity contribution is 5.46. The zero-order valence-electron chi connectivity index (χ0n) is 10.2. The molecule has 0 bridgehead atoms. The van der Waals surface area contributed by atoms with Gasteiger partial charge in [0.05, 0.1) is 0 Å². The van der Waals surface area contributed by atoms with E-state index in [1.807, 2.05) is 12.1 Å². The Balaban J connectivity index is 1.86. The van der Waals surface area contributed by atoms with Crippen molar-refractivity contribution in [2.45, 2.75) is 32.2 Å². The molecule has 0 heterocycles. The van der Waals surface area contributed by atoms with E-state index in [0.717, 1.165) is 18.2 Å². The second-order valence-corrected chi connectivity index (χ2v) is 5.05. The molecule has 0 saturated heterocycles. The van der Waals surface area contributed by atoms with E-state index in [2.05, 4.69) is 24.1 Å². The van der Waals surface area contributed by atoms with E-state index in [1.54, 1.807) is 0 Å². The molecule has 2 rings (SSSR count). The highest BCUT2D eigenvalue weighted by atomic mass is 15.1. The summed E-state index contributed by atoms with van der Waals surface area (Å²) in [5, 5.41) is 0. The van der Waals surface area contributed by atoms with Gasteiger partial charge in [0.2, 0.25) is 0 Å². The van der Waals surface area contributed by atoms with E-state index in [-0.39, 0.29) is 0 Å². The van der Waals surface area contributed by atoms with Gasteiger partial charge in [-0.25, -0.2) is 0 Å². The van der Waals surface area contributed by atoms with Gasteiger partial charge < -0.3 is 10.6 Å². The number of nitrogens with zero attached hydrogens (tertiary/aromatic N) is 1. The first-order chi connectivity index (χ1) is 7.75. The standard InChI is InChI=1S/C14H22N2/c1-16(10-12-6-2-3-7-12)11-13-8-4-5-9-14(13)15/h4-5,8-9,12H,2-3,6-7,10-11,15H2,1H3.